The van der Waals surface area contributed by atoms with Gasteiger partial charge < -0.3 is 9.97 Å². The fourth-order valence-corrected chi connectivity index (χ4v) is 4.22. The fraction of sp³-hybridized carbons (Fsp3) is 0.0909. The summed E-state index contributed by atoms with van der Waals surface area (Å²) in [4.78, 5) is 8.58. The number of fused-ring (bicyclic) bond motifs is 3. The maximum absolute atomic E-state index is 14.6. The Bertz CT molecular complexity index is 1630. The molecule has 1 radical (unpaired) electrons. The van der Waals surface area contributed by atoms with Crippen LogP contribution in [0.5, 0.6) is 0 Å². The van der Waals surface area contributed by atoms with E-state index in [1.165, 1.54) is 0 Å². The topological polar surface area (TPSA) is 25.8 Å². The molecule has 0 bridgehead atoms. The second-order valence-corrected chi connectivity index (χ2v) is 8.97. The Balaban J connectivity index is 0.000000218. The normalized spacial score (nSPS) is 10.7. The van der Waals surface area contributed by atoms with Gasteiger partial charge in [0.05, 0.1) is 0 Å². The van der Waals surface area contributed by atoms with Gasteiger partial charge in [-0.15, -0.1) is 59.7 Å². The minimum atomic E-state index is -0.830. The van der Waals surface area contributed by atoms with Crippen molar-refractivity contribution in [1.82, 2.24) is 9.97 Å². The van der Waals surface area contributed by atoms with Crippen LogP contribution in [0.15, 0.2) is 103 Å². The molecule has 5 heteroatoms. The van der Waals surface area contributed by atoms with Crippen LogP contribution in [0.2, 0.25) is 0 Å². The summed E-state index contributed by atoms with van der Waals surface area (Å²) in [7, 11) is 0. The molecule has 0 aliphatic carbocycles. The van der Waals surface area contributed by atoms with Gasteiger partial charge in [-0.2, -0.15) is 0 Å². The predicted octanol–water partition coefficient (Wildman–Crippen LogP) is 8.80. The van der Waals surface area contributed by atoms with Crippen molar-refractivity contribution < 1.29 is 28.9 Å². The third-order valence-electron chi connectivity index (χ3n) is 6.21. The summed E-state index contributed by atoms with van der Waals surface area (Å²) in [6.45, 7) is 4.20. The van der Waals surface area contributed by atoms with Gasteiger partial charge in [0.25, 0.3) is 0 Å². The third kappa shape index (κ3) is 5.70. The Morgan fingerprint density at radius 3 is 2.05 bits per heavy atom. The van der Waals surface area contributed by atoms with Crippen molar-refractivity contribution in [2.45, 2.75) is 19.8 Å². The molecule has 38 heavy (non-hydrogen) atoms. The molecule has 0 saturated heterocycles. The molecule has 4 aromatic carbocycles. The van der Waals surface area contributed by atoms with E-state index in [2.05, 4.69) is 35.9 Å². The summed E-state index contributed by atoms with van der Waals surface area (Å²) in [5.74, 6) is -1.28. The van der Waals surface area contributed by atoms with Crippen LogP contribution in [0.1, 0.15) is 25.3 Å². The number of pyridine rings is 2. The van der Waals surface area contributed by atoms with E-state index in [1.54, 1.807) is 42.7 Å². The molecule has 0 atom stereocenters. The van der Waals surface area contributed by atoms with E-state index in [4.69, 9.17) is 0 Å². The van der Waals surface area contributed by atoms with E-state index in [0.717, 1.165) is 16.8 Å². The smallest absolute Gasteiger partial charge is 0.164 e. The van der Waals surface area contributed by atoms with Crippen LogP contribution >= 0.6 is 0 Å². The SMILES string of the molecule is CC(C)c1ccnc(-c2[c-]cc3c(c2)c(F)c(F)c2ccccc23)c1.[Ir].[c-]1ccccc1-c1ccccn1. The van der Waals surface area contributed by atoms with Crippen LogP contribution in [0.4, 0.5) is 8.78 Å². The summed E-state index contributed by atoms with van der Waals surface area (Å²) in [5, 5.41) is 1.87. The molecular weight excluding hydrogens is 655 g/mol. The molecule has 191 valence electrons. The van der Waals surface area contributed by atoms with Gasteiger partial charge in [-0.1, -0.05) is 72.6 Å². The van der Waals surface area contributed by atoms with Crippen molar-refractivity contribution in [3.8, 4) is 22.5 Å². The Kier molecular flexibility index (Phi) is 8.73. The first kappa shape index (κ1) is 27.2. The largest absolute Gasteiger partial charge is 0.305 e. The third-order valence-corrected chi connectivity index (χ3v) is 6.21. The Morgan fingerprint density at radius 1 is 0.632 bits per heavy atom. The molecule has 0 spiro atoms. The van der Waals surface area contributed by atoms with Gasteiger partial charge in [0.2, 0.25) is 0 Å². The fourth-order valence-electron chi connectivity index (χ4n) is 4.22. The second kappa shape index (κ2) is 12.2. The number of nitrogens with zero attached hydrogens (tertiary/aromatic N) is 2. The van der Waals surface area contributed by atoms with Gasteiger partial charge in [0, 0.05) is 37.9 Å². The van der Waals surface area contributed by atoms with Crippen molar-refractivity contribution in [2.75, 3.05) is 0 Å². The molecule has 0 amide bonds. The average molecular weight is 679 g/mol. The Labute approximate surface area is 234 Å². The molecule has 0 fully saturated rings. The monoisotopic (exact) mass is 679 g/mol. The van der Waals surface area contributed by atoms with Crippen molar-refractivity contribution in [1.29, 1.82) is 0 Å². The summed E-state index contributed by atoms with van der Waals surface area (Å²) >= 11 is 0. The molecule has 0 N–H and O–H groups in total. The number of hydrogen-bond donors (Lipinski definition) is 0. The zero-order chi connectivity index (χ0) is 25.8. The first-order valence-corrected chi connectivity index (χ1v) is 12.1. The Morgan fingerprint density at radius 2 is 1.34 bits per heavy atom. The number of halogens is 2. The van der Waals surface area contributed by atoms with Crippen LogP contribution in [-0.4, -0.2) is 9.97 Å². The van der Waals surface area contributed by atoms with Gasteiger partial charge >= 0.3 is 0 Å². The summed E-state index contributed by atoms with van der Waals surface area (Å²) in [6, 6.07) is 34.2. The maximum Gasteiger partial charge on any atom is 0.164 e. The van der Waals surface area contributed by atoms with Crippen molar-refractivity contribution in [3.63, 3.8) is 0 Å². The van der Waals surface area contributed by atoms with Gasteiger partial charge in [-0.05, 0) is 34.8 Å². The molecule has 0 aliphatic heterocycles. The minimum absolute atomic E-state index is 0. The van der Waals surface area contributed by atoms with Crippen molar-refractivity contribution in [2.24, 2.45) is 0 Å². The zero-order valence-electron chi connectivity index (χ0n) is 20.9. The standard InChI is InChI=1S/C22H16F2N.C11H8N.Ir/c1-13(2)14-9-10-25-20(12-14)15-7-8-17-16-5-3-4-6-18(16)21(23)22(24)19(17)11-15;1-2-6-10(7-3-1)11-8-4-5-9-12-11;/h3-6,8-13H,1-2H3;1-6,8-9H;/q2*-1;. The average Bonchev–Trinajstić information content (AvgIpc) is 2.97. The van der Waals surface area contributed by atoms with Crippen LogP contribution in [-0.2, 0) is 20.1 Å². The molecule has 2 heterocycles. The molecule has 0 aliphatic rings. The predicted molar refractivity (Wildman–Crippen MR) is 146 cm³/mol. The van der Waals surface area contributed by atoms with Gasteiger partial charge in [0.15, 0.2) is 5.82 Å². The van der Waals surface area contributed by atoms with Gasteiger partial charge in [-0.25, -0.2) is 8.78 Å². The molecule has 6 rings (SSSR count). The van der Waals surface area contributed by atoms with E-state index >= 15 is 0 Å². The van der Waals surface area contributed by atoms with Crippen LogP contribution < -0.4 is 0 Å². The van der Waals surface area contributed by atoms with Crippen molar-refractivity contribution >= 4 is 21.5 Å². The first-order valence-electron chi connectivity index (χ1n) is 12.1. The second-order valence-electron chi connectivity index (χ2n) is 8.97. The Hall–Kier alpha value is -3.79. The van der Waals surface area contributed by atoms with E-state index in [0.29, 0.717) is 27.9 Å². The van der Waals surface area contributed by atoms with E-state index in [1.807, 2.05) is 60.7 Å². The molecule has 2 nitrogen and oxygen atoms in total. The number of rotatable bonds is 3. The van der Waals surface area contributed by atoms with Gasteiger partial charge in [-0.3, -0.25) is 0 Å². The molecular formula is C33H24F2IrN2-2. The number of aromatic nitrogens is 2. The maximum atomic E-state index is 14.6. The summed E-state index contributed by atoms with van der Waals surface area (Å²) < 4.78 is 29.1. The molecule has 0 unspecified atom stereocenters. The van der Waals surface area contributed by atoms with Crippen LogP contribution in [0.25, 0.3) is 44.1 Å². The summed E-state index contributed by atoms with van der Waals surface area (Å²) in [5.41, 5.74) is 4.52. The van der Waals surface area contributed by atoms with E-state index in [9.17, 15) is 8.78 Å². The molecule has 0 saturated carbocycles. The van der Waals surface area contributed by atoms with E-state index < -0.39 is 11.6 Å². The number of benzene rings is 4. The minimum Gasteiger partial charge on any atom is -0.305 e. The molecule has 6 aromatic rings. The number of hydrogen-bond acceptors (Lipinski definition) is 2. The van der Waals surface area contributed by atoms with Crippen LogP contribution in [0.3, 0.4) is 0 Å². The van der Waals surface area contributed by atoms with E-state index in [-0.39, 0.29) is 30.9 Å². The van der Waals surface area contributed by atoms with Crippen molar-refractivity contribution in [3.05, 3.63) is 133 Å². The first-order chi connectivity index (χ1) is 18.0. The quantitative estimate of drug-likeness (QED) is 0.138. The zero-order valence-corrected chi connectivity index (χ0v) is 23.3. The molecule has 2 aromatic heterocycles. The van der Waals surface area contributed by atoms with Crippen LogP contribution in [0, 0.1) is 23.8 Å². The van der Waals surface area contributed by atoms with Gasteiger partial charge in [0.1, 0.15) is 5.82 Å². The summed E-state index contributed by atoms with van der Waals surface area (Å²) in [6.07, 6.45) is 3.52.